The molecule has 1 aliphatic rings. The van der Waals surface area contributed by atoms with Crippen LogP contribution in [0.2, 0.25) is 0 Å². The molecule has 1 unspecified atom stereocenters. The number of carbonyl (C=O) groups is 1. The predicted molar refractivity (Wildman–Crippen MR) is 119 cm³/mol. The number of nitrogens with zero attached hydrogens (tertiary/aromatic N) is 3. The minimum Gasteiger partial charge on any atom is -0.481 e. The van der Waals surface area contributed by atoms with E-state index >= 15 is 0 Å². The lowest BCUT2D eigenvalue weighted by atomic mass is 10.1. The number of aromatic nitrogens is 3. The van der Waals surface area contributed by atoms with Gasteiger partial charge in [-0.2, -0.15) is 4.98 Å². The number of ether oxygens (including phenoxy) is 3. The molecule has 1 aromatic heterocycles. The molecule has 0 aliphatic carbocycles. The van der Waals surface area contributed by atoms with Gasteiger partial charge in [-0.25, -0.2) is 4.79 Å². The zero-order valence-electron chi connectivity index (χ0n) is 18.2. The highest BCUT2D eigenvalue weighted by molar-refractivity contribution is 5.79. The summed E-state index contributed by atoms with van der Waals surface area (Å²) in [7, 11) is 0. The van der Waals surface area contributed by atoms with Gasteiger partial charge in [-0.3, -0.25) is 0 Å². The molecule has 3 aromatic rings. The van der Waals surface area contributed by atoms with Crippen molar-refractivity contribution >= 4 is 11.7 Å². The Morgan fingerprint density at radius 1 is 1.09 bits per heavy atom. The number of hydrogen-bond donors (Lipinski definition) is 1. The van der Waals surface area contributed by atoms with Crippen LogP contribution in [0.3, 0.4) is 0 Å². The van der Waals surface area contributed by atoms with Crippen molar-refractivity contribution in [2.75, 3.05) is 18.5 Å². The molecule has 2 aromatic carbocycles. The normalized spacial score (nSPS) is 14.2. The van der Waals surface area contributed by atoms with Gasteiger partial charge in [-0.15, -0.1) is 10.2 Å². The number of benzene rings is 2. The quantitative estimate of drug-likeness (QED) is 0.524. The molecule has 32 heavy (non-hydrogen) atoms. The maximum Gasteiger partial charge on any atom is 0.344 e. The van der Waals surface area contributed by atoms with Crippen molar-refractivity contribution in [3.63, 3.8) is 0 Å². The predicted octanol–water partition coefficient (Wildman–Crippen LogP) is 4.33. The van der Waals surface area contributed by atoms with Crippen LogP contribution in [0.15, 0.2) is 48.5 Å². The Morgan fingerprint density at radius 3 is 2.75 bits per heavy atom. The van der Waals surface area contributed by atoms with E-state index in [2.05, 4.69) is 27.4 Å². The number of fused-ring (bicyclic) bond motifs is 3. The number of esters is 1. The van der Waals surface area contributed by atoms with Gasteiger partial charge in [-0.05, 0) is 31.5 Å². The van der Waals surface area contributed by atoms with Gasteiger partial charge in [0.1, 0.15) is 5.75 Å². The van der Waals surface area contributed by atoms with E-state index in [1.54, 1.807) is 13.0 Å². The zero-order chi connectivity index (χ0) is 22.3. The fourth-order valence-corrected chi connectivity index (χ4v) is 3.44. The van der Waals surface area contributed by atoms with E-state index in [1.807, 2.05) is 42.5 Å². The number of rotatable bonds is 8. The molecular weight excluding hydrogens is 408 g/mol. The standard InChI is InChI=1S/C24H26N4O4/c1-3-5-14-20-26-24-22(28-27-20)16-10-6-8-12-18(16)25-23(32-24)17-11-7-9-13-19(17)31-15-21(29)30-4-2/h6-13,23,25H,3-5,14-15H2,1-2H3. The van der Waals surface area contributed by atoms with Crippen molar-refractivity contribution in [3.8, 4) is 22.9 Å². The summed E-state index contributed by atoms with van der Waals surface area (Å²) in [5.74, 6) is 1.15. The first-order chi connectivity index (χ1) is 15.7. The molecule has 1 aliphatic heterocycles. The van der Waals surface area contributed by atoms with Crippen molar-refractivity contribution in [1.82, 2.24) is 15.2 Å². The van der Waals surface area contributed by atoms with Gasteiger partial charge in [0.2, 0.25) is 12.1 Å². The number of nitrogens with one attached hydrogen (secondary N) is 1. The van der Waals surface area contributed by atoms with Crippen LogP contribution in [0, 0.1) is 0 Å². The largest absolute Gasteiger partial charge is 0.481 e. The molecule has 0 bridgehead atoms. The summed E-state index contributed by atoms with van der Waals surface area (Å²) >= 11 is 0. The van der Waals surface area contributed by atoms with Crippen molar-refractivity contribution in [3.05, 3.63) is 59.9 Å². The van der Waals surface area contributed by atoms with Crippen molar-refractivity contribution in [2.45, 2.75) is 39.3 Å². The molecule has 8 heteroatoms. The summed E-state index contributed by atoms with van der Waals surface area (Å²) in [5, 5.41) is 12.2. The van der Waals surface area contributed by atoms with E-state index in [1.165, 1.54) is 0 Å². The van der Waals surface area contributed by atoms with Crippen molar-refractivity contribution in [1.29, 1.82) is 0 Å². The summed E-state index contributed by atoms with van der Waals surface area (Å²) in [5.41, 5.74) is 3.01. The number of anilines is 1. The Kier molecular flexibility index (Phi) is 6.79. The molecule has 0 saturated heterocycles. The van der Waals surface area contributed by atoms with Crippen LogP contribution in [0.1, 0.15) is 44.3 Å². The molecule has 2 heterocycles. The molecule has 1 N–H and O–H groups in total. The van der Waals surface area contributed by atoms with Crippen LogP contribution < -0.4 is 14.8 Å². The minimum absolute atomic E-state index is 0.185. The number of carbonyl (C=O) groups excluding carboxylic acids is 1. The third-order valence-corrected chi connectivity index (χ3v) is 5.00. The topological polar surface area (TPSA) is 95.5 Å². The first-order valence-electron chi connectivity index (χ1n) is 10.8. The number of aryl methyl sites for hydroxylation is 1. The average Bonchev–Trinajstić information content (AvgIpc) is 2.98. The first kappa shape index (κ1) is 21.5. The van der Waals surface area contributed by atoms with Crippen molar-refractivity contribution < 1.29 is 19.0 Å². The summed E-state index contributed by atoms with van der Waals surface area (Å²) in [6.07, 6.45) is 2.15. The molecule has 4 rings (SSSR count). The Balaban J connectivity index is 1.69. The Hall–Kier alpha value is -3.68. The van der Waals surface area contributed by atoms with E-state index < -0.39 is 12.2 Å². The van der Waals surface area contributed by atoms with Crippen LogP contribution in [0.5, 0.6) is 11.6 Å². The maximum absolute atomic E-state index is 11.8. The van der Waals surface area contributed by atoms with E-state index in [0.29, 0.717) is 29.8 Å². The molecule has 0 spiro atoms. The SMILES string of the molecule is CCCCc1nnc2c(n1)OC(c1ccccc1OCC(=O)OCC)Nc1ccccc1-2. The van der Waals surface area contributed by atoms with Gasteiger partial charge >= 0.3 is 5.97 Å². The number of unbranched alkanes of at least 4 members (excludes halogenated alkanes) is 1. The van der Waals surface area contributed by atoms with E-state index in [9.17, 15) is 4.79 Å². The Bertz CT molecular complexity index is 1090. The Labute approximate surface area is 187 Å². The van der Waals surface area contributed by atoms with Gasteiger partial charge in [0.25, 0.3) is 0 Å². The number of hydrogen-bond acceptors (Lipinski definition) is 8. The molecule has 0 saturated carbocycles. The third kappa shape index (κ3) is 4.80. The second-order valence-electron chi connectivity index (χ2n) is 7.30. The smallest absolute Gasteiger partial charge is 0.344 e. The lowest BCUT2D eigenvalue weighted by molar-refractivity contribution is -0.145. The van der Waals surface area contributed by atoms with E-state index in [-0.39, 0.29) is 6.61 Å². The first-order valence-corrected chi connectivity index (χ1v) is 10.8. The van der Waals surface area contributed by atoms with Gasteiger partial charge in [0.15, 0.2) is 18.1 Å². The van der Waals surface area contributed by atoms with Crippen LogP contribution >= 0.6 is 0 Å². The fraction of sp³-hybridized carbons (Fsp3) is 0.333. The maximum atomic E-state index is 11.8. The molecular formula is C24H26N4O4. The van der Waals surface area contributed by atoms with Gasteiger partial charge in [0.05, 0.1) is 12.2 Å². The Morgan fingerprint density at radius 2 is 1.91 bits per heavy atom. The molecule has 0 fully saturated rings. The lowest BCUT2D eigenvalue weighted by Crippen LogP contribution is -2.20. The molecule has 166 valence electrons. The highest BCUT2D eigenvalue weighted by Gasteiger charge is 2.27. The summed E-state index contributed by atoms with van der Waals surface area (Å²) < 4.78 is 17.0. The van der Waals surface area contributed by atoms with E-state index in [0.717, 1.165) is 36.1 Å². The summed E-state index contributed by atoms with van der Waals surface area (Å²) in [6, 6.07) is 15.2. The van der Waals surface area contributed by atoms with Gasteiger partial charge in [-0.1, -0.05) is 43.7 Å². The van der Waals surface area contributed by atoms with Gasteiger partial charge < -0.3 is 19.5 Å². The van der Waals surface area contributed by atoms with E-state index in [4.69, 9.17) is 14.2 Å². The van der Waals surface area contributed by atoms with Crippen LogP contribution in [0.25, 0.3) is 11.3 Å². The molecule has 0 radical (unpaired) electrons. The zero-order valence-corrected chi connectivity index (χ0v) is 18.2. The molecule has 1 atom stereocenters. The lowest BCUT2D eigenvalue weighted by Gasteiger charge is -2.21. The van der Waals surface area contributed by atoms with Crippen LogP contribution in [-0.4, -0.2) is 34.4 Å². The highest BCUT2D eigenvalue weighted by Crippen LogP contribution is 2.40. The highest BCUT2D eigenvalue weighted by atomic mass is 16.6. The molecule has 0 amide bonds. The minimum atomic E-state index is -0.605. The fourth-order valence-electron chi connectivity index (χ4n) is 3.44. The summed E-state index contributed by atoms with van der Waals surface area (Å²) in [6.45, 7) is 4.00. The average molecular weight is 434 g/mol. The summed E-state index contributed by atoms with van der Waals surface area (Å²) in [4.78, 5) is 16.5. The third-order valence-electron chi connectivity index (χ3n) is 5.00. The van der Waals surface area contributed by atoms with Crippen LogP contribution in [0.4, 0.5) is 5.69 Å². The second kappa shape index (κ2) is 10.1. The number of para-hydroxylation sites is 2. The van der Waals surface area contributed by atoms with Crippen molar-refractivity contribution in [2.24, 2.45) is 0 Å². The van der Waals surface area contributed by atoms with Crippen LogP contribution in [-0.2, 0) is 16.0 Å². The molecule has 8 nitrogen and oxygen atoms in total. The second-order valence-corrected chi connectivity index (χ2v) is 7.30. The monoisotopic (exact) mass is 434 g/mol. The van der Waals surface area contributed by atoms with Gasteiger partial charge in [0, 0.05) is 17.7 Å².